The van der Waals surface area contributed by atoms with Gasteiger partial charge in [-0.1, -0.05) is 151 Å². The van der Waals surface area contributed by atoms with Gasteiger partial charge in [-0.15, -0.1) is 0 Å². The maximum atomic E-state index is 6.66. The molecule has 4 aromatic rings. The first-order valence-electron chi connectivity index (χ1n) is 17.2. The molecule has 0 radical (unpaired) electrons. The molecular formula is C43H50N2O2. The van der Waals surface area contributed by atoms with Crippen molar-refractivity contribution >= 4 is 11.8 Å². The molecule has 2 aliphatic heterocycles. The van der Waals surface area contributed by atoms with Crippen molar-refractivity contribution in [1.29, 1.82) is 0 Å². The highest BCUT2D eigenvalue weighted by atomic mass is 16.5. The molecule has 4 nitrogen and oxygen atoms in total. The Kier molecular flexibility index (Phi) is 9.41. The zero-order chi connectivity index (χ0) is 33.1. The van der Waals surface area contributed by atoms with Crippen LogP contribution in [0.25, 0.3) is 0 Å². The van der Waals surface area contributed by atoms with Gasteiger partial charge >= 0.3 is 0 Å². The quantitative estimate of drug-likeness (QED) is 0.176. The highest BCUT2D eigenvalue weighted by molar-refractivity contribution is 6.07. The highest BCUT2D eigenvalue weighted by Crippen LogP contribution is 2.39. The van der Waals surface area contributed by atoms with Crippen molar-refractivity contribution in [2.45, 2.75) is 90.1 Å². The van der Waals surface area contributed by atoms with Crippen LogP contribution in [0.4, 0.5) is 0 Å². The molecule has 2 heterocycles. The minimum Gasteiger partial charge on any atom is -0.478 e. The Hall–Kier alpha value is -4.18. The van der Waals surface area contributed by atoms with Crippen molar-refractivity contribution in [1.82, 2.24) is 0 Å². The lowest BCUT2D eigenvalue weighted by atomic mass is 9.74. The second-order valence-corrected chi connectivity index (χ2v) is 15.5. The lowest BCUT2D eigenvalue weighted by Gasteiger charge is -2.33. The van der Waals surface area contributed by atoms with Crippen LogP contribution in [0.1, 0.15) is 74.9 Å². The van der Waals surface area contributed by atoms with Gasteiger partial charge in [0.05, 0.1) is 12.1 Å². The Morgan fingerprint density at radius 3 is 1.19 bits per heavy atom. The maximum absolute atomic E-state index is 6.66. The normalized spacial score (nSPS) is 18.3. The molecule has 0 bridgehead atoms. The van der Waals surface area contributed by atoms with Crippen LogP contribution in [-0.4, -0.2) is 37.1 Å². The molecule has 0 saturated heterocycles. The summed E-state index contributed by atoms with van der Waals surface area (Å²) < 4.78 is 13.3. The fourth-order valence-corrected chi connectivity index (χ4v) is 6.73. The van der Waals surface area contributed by atoms with E-state index in [0.29, 0.717) is 26.1 Å². The van der Waals surface area contributed by atoms with Gasteiger partial charge < -0.3 is 9.47 Å². The number of ether oxygens (including phenoxy) is 2. The smallest absolute Gasteiger partial charge is 0.200 e. The van der Waals surface area contributed by atoms with Gasteiger partial charge in [-0.05, 0) is 69.9 Å². The molecule has 0 aliphatic carbocycles. The average molecular weight is 627 g/mol. The first kappa shape index (κ1) is 32.7. The SMILES string of the molecule is CC(C)(C)c1ccc(CC(Cc2ccc(C(C)(C)C)cc2)(C2=N[C@H](Cc3ccccc3)CO2)C2=N[C@H](Cc3ccccc3)CO2)cc1. The van der Waals surface area contributed by atoms with E-state index >= 15 is 0 Å². The standard InChI is InChI=1S/C43H50N2O2/c1-41(2,3)35-21-17-33(18-22-35)27-43(28-34-19-23-36(24-20-34)42(4,5)6,39-44-37(29-46-39)25-31-13-9-7-10-14-31)40-45-38(30-47-40)26-32-15-11-8-12-16-32/h7-24,37-38H,25-30H2,1-6H3/t37-,38-/m1/s1. The van der Waals surface area contributed by atoms with E-state index in [1.165, 1.54) is 33.4 Å². The van der Waals surface area contributed by atoms with Gasteiger partial charge in [-0.2, -0.15) is 0 Å². The van der Waals surface area contributed by atoms with Gasteiger partial charge in [0.2, 0.25) is 0 Å². The molecule has 6 rings (SSSR count). The predicted octanol–water partition coefficient (Wildman–Crippen LogP) is 9.13. The molecule has 244 valence electrons. The molecular weight excluding hydrogens is 576 g/mol. The summed E-state index contributed by atoms with van der Waals surface area (Å²) in [7, 11) is 0. The van der Waals surface area contributed by atoms with Gasteiger partial charge in [-0.3, -0.25) is 0 Å². The molecule has 4 heteroatoms. The van der Waals surface area contributed by atoms with Crippen molar-refractivity contribution in [3.63, 3.8) is 0 Å². The average Bonchev–Trinajstić information content (AvgIpc) is 3.72. The van der Waals surface area contributed by atoms with Crippen LogP contribution in [0.3, 0.4) is 0 Å². The van der Waals surface area contributed by atoms with E-state index in [9.17, 15) is 0 Å². The molecule has 0 saturated carbocycles. The van der Waals surface area contributed by atoms with Crippen LogP contribution in [0.5, 0.6) is 0 Å². The van der Waals surface area contributed by atoms with Gasteiger partial charge in [0, 0.05) is 0 Å². The largest absolute Gasteiger partial charge is 0.478 e. The summed E-state index contributed by atoms with van der Waals surface area (Å²) in [4.78, 5) is 10.7. The molecule has 0 unspecified atom stereocenters. The number of rotatable bonds is 10. The number of benzene rings is 4. The summed E-state index contributed by atoms with van der Waals surface area (Å²) in [6.45, 7) is 14.7. The van der Waals surface area contributed by atoms with Crippen molar-refractivity contribution in [2.24, 2.45) is 15.4 Å². The van der Waals surface area contributed by atoms with E-state index in [0.717, 1.165) is 24.6 Å². The van der Waals surface area contributed by atoms with E-state index in [1.807, 2.05) is 0 Å². The monoisotopic (exact) mass is 626 g/mol. The molecule has 4 aromatic carbocycles. The zero-order valence-corrected chi connectivity index (χ0v) is 29.0. The second-order valence-electron chi connectivity index (χ2n) is 15.5. The molecule has 0 aromatic heterocycles. The van der Waals surface area contributed by atoms with Crippen LogP contribution in [0.2, 0.25) is 0 Å². The molecule has 0 spiro atoms. The first-order valence-corrected chi connectivity index (χ1v) is 17.2. The van der Waals surface area contributed by atoms with Gasteiger partial charge in [0.15, 0.2) is 11.8 Å². The third kappa shape index (κ3) is 7.87. The summed E-state index contributed by atoms with van der Waals surface area (Å²) in [5, 5.41) is 0. The van der Waals surface area contributed by atoms with Crippen LogP contribution in [0, 0.1) is 5.41 Å². The number of nitrogens with zero attached hydrogens (tertiary/aromatic N) is 2. The van der Waals surface area contributed by atoms with Crippen molar-refractivity contribution in [2.75, 3.05) is 13.2 Å². The van der Waals surface area contributed by atoms with Crippen molar-refractivity contribution in [3.05, 3.63) is 143 Å². The van der Waals surface area contributed by atoms with E-state index in [-0.39, 0.29) is 22.9 Å². The van der Waals surface area contributed by atoms with Crippen molar-refractivity contribution < 1.29 is 9.47 Å². The van der Waals surface area contributed by atoms with Crippen LogP contribution < -0.4 is 0 Å². The summed E-state index contributed by atoms with van der Waals surface area (Å²) >= 11 is 0. The van der Waals surface area contributed by atoms with Crippen LogP contribution >= 0.6 is 0 Å². The Morgan fingerprint density at radius 1 is 0.489 bits per heavy atom. The fourth-order valence-electron chi connectivity index (χ4n) is 6.73. The molecule has 0 fully saturated rings. The minimum atomic E-state index is -0.677. The highest BCUT2D eigenvalue weighted by Gasteiger charge is 2.49. The zero-order valence-electron chi connectivity index (χ0n) is 29.0. The number of hydrogen-bond donors (Lipinski definition) is 0. The molecule has 47 heavy (non-hydrogen) atoms. The Labute approximate surface area is 282 Å². The molecule has 0 N–H and O–H groups in total. The molecule has 0 amide bonds. The van der Waals surface area contributed by atoms with Crippen molar-refractivity contribution in [3.8, 4) is 0 Å². The summed E-state index contributed by atoms with van der Waals surface area (Å²) in [6, 6.07) is 39.4. The number of hydrogen-bond acceptors (Lipinski definition) is 4. The van der Waals surface area contributed by atoms with Crippen LogP contribution in [0.15, 0.2) is 119 Å². The maximum Gasteiger partial charge on any atom is 0.200 e. The lowest BCUT2D eigenvalue weighted by molar-refractivity contribution is 0.248. The number of aliphatic imine (C=N–C) groups is 2. The Morgan fingerprint density at radius 2 is 0.851 bits per heavy atom. The van der Waals surface area contributed by atoms with E-state index in [2.05, 4.69) is 151 Å². The minimum absolute atomic E-state index is 0.0421. The Bertz CT molecular complexity index is 1550. The topological polar surface area (TPSA) is 43.2 Å². The fraction of sp³-hybridized carbons (Fsp3) is 0.395. The molecule has 2 atom stereocenters. The molecule has 2 aliphatic rings. The first-order chi connectivity index (χ1) is 22.5. The van der Waals surface area contributed by atoms with E-state index < -0.39 is 5.41 Å². The van der Waals surface area contributed by atoms with Crippen LogP contribution in [-0.2, 0) is 46.0 Å². The second kappa shape index (κ2) is 13.5. The van der Waals surface area contributed by atoms with Gasteiger partial charge in [0.25, 0.3) is 0 Å². The third-order valence-corrected chi connectivity index (χ3v) is 9.52. The van der Waals surface area contributed by atoms with E-state index in [4.69, 9.17) is 19.5 Å². The summed E-state index contributed by atoms with van der Waals surface area (Å²) in [5.74, 6) is 1.50. The predicted molar refractivity (Wildman–Crippen MR) is 195 cm³/mol. The van der Waals surface area contributed by atoms with E-state index in [1.54, 1.807) is 0 Å². The van der Waals surface area contributed by atoms with Gasteiger partial charge in [0.1, 0.15) is 18.6 Å². The summed E-state index contributed by atoms with van der Waals surface area (Å²) in [6.07, 6.45) is 3.05. The Balaban J connectivity index is 1.43. The third-order valence-electron chi connectivity index (χ3n) is 9.52. The summed E-state index contributed by atoms with van der Waals surface area (Å²) in [5.41, 5.74) is 7.10. The van der Waals surface area contributed by atoms with Gasteiger partial charge in [-0.25, -0.2) is 9.98 Å². The lowest BCUT2D eigenvalue weighted by Crippen LogP contribution is -2.44.